The number of benzene rings is 4. The van der Waals surface area contributed by atoms with Crippen LogP contribution in [0.1, 0.15) is 76.7 Å². The maximum atomic E-state index is 15.4. The van der Waals surface area contributed by atoms with Gasteiger partial charge in [-0.1, -0.05) is 24.3 Å². The Kier molecular flexibility index (Phi) is 11.3. The van der Waals surface area contributed by atoms with E-state index in [0.717, 1.165) is 56.9 Å². The van der Waals surface area contributed by atoms with Crippen molar-refractivity contribution in [3.8, 4) is 11.8 Å². The van der Waals surface area contributed by atoms with Crippen LogP contribution < -0.4 is 14.5 Å². The van der Waals surface area contributed by atoms with Crippen LogP contribution in [0.25, 0.3) is 0 Å². The van der Waals surface area contributed by atoms with E-state index >= 15 is 8.78 Å². The van der Waals surface area contributed by atoms with E-state index in [1.165, 1.54) is 41.3 Å². The molecule has 0 spiro atoms. The number of carbonyl (C=O) groups excluding carboxylic acids is 1. The Balaban J connectivity index is 1.48. The Labute approximate surface area is 312 Å². The predicted octanol–water partition coefficient (Wildman–Crippen LogP) is 7.28. The van der Waals surface area contributed by atoms with Crippen LogP contribution in [0.15, 0.2) is 71.6 Å². The first-order chi connectivity index (χ1) is 25.8. The number of aromatic carboxylic acids is 1. The number of anilines is 2. The van der Waals surface area contributed by atoms with Crippen LogP contribution >= 0.6 is 0 Å². The van der Waals surface area contributed by atoms with Gasteiger partial charge in [-0.05, 0) is 110 Å². The molecule has 1 saturated carbocycles. The highest BCUT2D eigenvalue weighted by Crippen LogP contribution is 2.42. The third-order valence-electron chi connectivity index (χ3n) is 9.65. The molecule has 1 heterocycles. The van der Waals surface area contributed by atoms with Crippen molar-refractivity contribution in [2.45, 2.75) is 63.4 Å². The van der Waals surface area contributed by atoms with Gasteiger partial charge >= 0.3 is 5.97 Å². The molecule has 6 rings (SSSR count). The van der Waals surface area contributed by atoms with Crippen molar-refractivity contribution in [1.29, 1.82) is 5.26 Å². The normalized spacial score (nSPS) is 14.3. The van der Waals surface area contributed by atoms with E-state index in [-0.39, 0.29) is 41.3 Å². The smallest absolute Gasteiger partial charge is 0.335 e. The number of carbonyl (C=O) groups is 2. The summed E-state index contributed by atoms with van der Waals surface area (Å²) in [4.78, 5) is 28.6. The van der Waals surface area contributed by atoms with E-state index in [9.17, 15) is 32.8 Å². The number of rotatable bonds is 14. The summed E-state index contributed by atoms with van der Waals surface area (Å²) in [6, 6.07) is 18.5. The topological polar surface area (TPSA) is 131 Å². The molecule has 1 amide bonds. The number of aryl methyl sites for hydroxylation is 1. The monoisotopic (exact) mass is 760 g/mol. The minimum absolute atomic E-state index is 0.0331. The minimum atomic E-state index is -5.30. The van der Waals surface area contributed by atoms with Crippen molar-refractivity contribution >= 4 is 33.3 Å². The molecular weight excluding hydrogens is 722 g/mol. The van der Waals surface area contributed by atoms with E-state index in [1.807, 2.05) is 18.2 Å². The molecule has 1 aliphatic carbocycles. The van der Waals surface area contributed by atoms with Crippen LogP contribution in [0.5, 0.6) is 5.75 Å². The van der Waals surface area contributed by atoms with Gasteiger partial charge in [0.25, 0.3) is 0 Å². The highest BCUT2D eigenvalue weighted by Gasteiger charge is 2.37. The summed E-state index contributed by atoms with van der Waals surface area (Å²) in [6.07, 6.45) is 4.10. The van der Waals surface area contributed by atoms with Crippen molar-refractivity contribution in [1.82, 2.24) is 4.31 Å². The number of halogens is 3. The number of hydrogen-bond donors (Lipinski definition) is 1. The van der Waals surface area contributed by atoms with Crippen molar-refractivity contribution in [2.75, 3.05) is 36.0 Å². The standard InChI is InChI=1S/C40H39F3N4O6S/c1-3-53-35-20-28(40(49)50)12-13-34(35)47(22-26-17-31(27-10-11-27)19-32(18-26)45-14-6-7-15-45)36(48)24-46(23-30-9-5-4-8-29(30)21-44)54(51,52)39-33(41)16-25(2)37(42)38(39)43/h4-5,8-9,12-13,16-20,27H,3,6-7,10-11,14-15,22-24H2,1-2H3,(H,49,50). The summed E-state index contributed by atoms with van der Waals surface area (Å²) in [5, 5.41) is 19.5. The molecule has 0 atom stereocenters. The quantitative estimate of drug-likeness (QED) is 0.133. The van der Waals surface area contributed by atoms with Gasteiger partial charge in [-0.15, -0.1) is 0 Å². The highest BCUT2D eigenvalue weighted by atomic mass is 32.2. The Morgan fingerprint density at radius 1 is 0.981 bits per heavy atom. The first-order valence-electron chi connectivity index (χ1n) is 17.6. The second-order valence-electron chi connectivity index (χ2n) is 13.5. The van der Waals surface area contributed by atoms with Gasteiger partial charge in [0, 0.05) is 25.3 Å². The molecule has 1 saturated heterocycles. The molecule has 1 aliphatic heterocycles. The fourth-order valence-electron chi connectivity index (χ4n) is 6.71. The minimum Gasteiger partial charge on any atom is -0.492 e. The number of nitrogens with zero attached hydrogens (tertiary/aromatic N) is 4. The summed E-state index contributed by atoms with van der Waals surface area (Å²) in [6.45, 7) is 2.79. The molecule has 2 aliphatic rings. The van der Waals surface area contributed by atoms with Crippen molar-refractivity contribution in [2.24, 2.45) is 0 Å². The average molecular weight is 761 g/mol. The van der Waals surface area contributed by atoms with Crippen LogP contribution in [-0.2, 0) is 27.9 Å². The summed E-state index contributed by atoms with van der Waals surface area (Å²) in [7, 11) is -5.30. The number of ether oxygens (including phenoxy) is 1. The zero-order chi connectivity index (χ0) is 38.7. The molecule has 1 N–H and O–H groups in total. The van der Waals surface area contributed by atoms with Crippen molar-refractivity contribution in [3.63, 3.8) is 0 Å². The zero-order valence-corrected chi connectivity index (χ0v) is 30.6. The van der Waals surface area contributed by atoms with Gasteiger partial charge in [0.05, 0.1) is 42.6 Å². The number of sulfonamides is 1. The molecule has 0 aromatic heterocycles. The van der Waals surface area contributed by atoms with Gasteiger partial charge in [-0.3, -0.25) is 4.79 Å². The Bertz CT molecular complexity index is 2250. The molecule has 4 aromatic carbocycles. The number of nitriles is 1. The van der Waals surface area contributed by atoms with Gasteiger partial charge in [0.2, 0.25) is 15.9 Å². The predicted molar refractivity (Wildman–Crippen MR) is 195 cm³/mol. The van der Waals surface area contributed by atoms with E-state index < -0.39 is 62.9 Å². The van der Waals surface area contributed by atoms with Gasteiger partial charge in [0.1, 0.15) is 11.6 Å². The van der Waals surface area contributed by atoms with Crippen LogP contribution in [0, 0.1) is 35.7 Å². The first-order valence-corrected chi connectivity index (χ1v) is 19.1. The average Bonchev–Trinajstić information content (AvgIpc) is 3.85. The van der Waals surface area contributed by atoms with Crippen LogP contribution in [-0.4, -0.2) is 55.9 Å². The Morgan fingerprint density at radius 2 is 1.70 bits per heavy atom. The second kappa shape index (κ2) is 15.9. The molecule has 282 valence electrons. The molecule has 10 nitrogen and oxygen atoms in total. The first kappa shape index (κ1) is 38.3. The van der Waals surface area contributed by atoms with Gasteiger partial charge < -0.3 is 19.6 Å². The van der Waals surface area contributed by atoms with Crippen LogP contribution in [0.2, 0.25) is 0 Å². The third kappa shape index (κ3) is 8.07. The summed E-state index contributed by atoms with van der Waals surface area (Å²) < 4.78 is 80.4. The lowest BCUT2D eigenvalue weighted by atomic mass is 10.0. The molecule has 54 heavy (non-hydrogen) atoms. The molecule has 0 radical (unpaired) electrons. The van der Waals surface area contributed by atoms with Crippen molar-refractivity contribution < 1.29 is 41.0 Å². The van der Waals surface area contributed by atoms with Crippen molar-refractivity contribution in [3.05, 3.63) is 118 Å². The van der Waals surface area contributed by atoms with Gasteiger partial charge in [0.15, 0.2) is 16.5 Å². The fourth-order valence-corrected chi connectivity index (χ4v) is 8.18. The van der Waals surface area contributed by atoms with E-state index in [1.54, 1.807) is 13.0 Å². The SMILES string of the molecule is CCOc1cc(C(=O)O)ccc1N(Cc1cc(C2CC2)cc(N2CCCC2)c1)C(=O)CN(Cc1ccccc1C#N)S(=O)(=O)c1c(F)cc(C)c(F)c1F. The highest BCUT2D eigenvalue weighted by molar-refractivity contribution is 7.89. The lowest BCUT2D eigenvalue weighted by molar-refractivity contribution is -0.119. The molecule has 4 aromatic rings. The lowest BCUT2D eigenvalue weighted by Crippen LogP contribution is -2.43. The number of carboxylic acids is 1. The molecule has 0 bridgehead atoms. The van der Waals surface area contributed by atoms with E-state index in [4.69, 9.17) is 4.74 Å². The fraction of sp³-hybridized carbons (Fsp3) is 0.325. The second-order valence-corrected chi connectivity index (χ2v) is 15.4. The van der Waals surface area contributed by atoms with Crippen LogP contribution in [0.4, 0.5) is 24.5 Å². The maximum Gasteiger partial charge on any atom is 0.335 e. The Hall–Kier alpha value is -5.39. The largest absolute Gasteiger partial charge is 0.492 e. The van der Waals surface area contributed by atoms with E-state index in [0.29, 0.717) is 21.9 Å². The molecule has 2 fully saturated rings. The van der Waals surface area contributed by atoms with Crippen LogP contribution in [0.3, 0.4) is 0 Å². The number of hydrogen-bond acceptors (Lipinski definition) is 7. The summed E-state index contributed by atoms with van der Waals surface area (Å²) >= 11 is 0. The third-order valence-corrected chi connectivity index (χ3v) is 11.5. The molecule has 14 heteroatoms. The molecule has 0 unspecified atom stereocenters. The van der Waals surface area contributed by atoms with Gasteiger partial charge in [-0.25, -0.2) is 26.4 Å². The molecular formula is C40H39F3N4O6S. The zero-order valence-electron chi connectivity index (χ0n) is 29.8. The number of amides is 1. The number of carboxylic acid groups (broad SMARTS) is 1. The van der Waals surface area contributed by atoms with Gasteiger partial charge in [-0.2, -0.15) is 9.57 Å². The van der Waals surface area contributed by atoms with E-state index in [2.05, 4.69) is 11.0 Å². The maximum absolute atomic E-state index is 15.4. The summed E-state index contributed by atoms with van der Waals surface area (Å²) in [5.41, 5.74) is 2.51. The summed E-state index contributed by atoms with van der Waals surface area (Å²) in [5.74, 6) is -6.78. The lowest BCUT2D eigenvalue weighted by Gasteiger charge is -2.30. The Morgan fingerprint density at radius 3 is 2.37 bits per heavy atom.